The lowest BCUT2D eigenvalue weighted by molar-refractivity contribution is 0.0853. The van der Waals surface area contributed by atoms with Crippen molar-refractivity contribution in [3.63, 3.8) is 0 Å². The van der Waals surface area contributed by atoms with Gasteiger partial charge in [-0.15, -0.1) is 0 Å². The highest BCUT2D eigenvalue weighted by atomic mass is 16.1. The first kappa shape index (κ1) is 13.8. The first-order chi connectivity index (χ1) is 10.7. The van der Waals surface area contributed by atoms with Gasteiger partial charge < -0.3 is 0 Å². The fourth-order valence-electron chi connectivity index (χ4n) is 4.73. The summed E-state index contributed by atoms with van der Waals surface area (Å²) in [5.41, 5.74) is 3.54. The van der Waals surface area contributed by atoms with E-state index in [0.717, 1.165) is 5.56 Å². The van der Waals surface area contributed by atoms with Crippen LogP contribution in [0, 0.1) is 24.7 Å². The molecule has 0 radical (unpaired) electrons. The van der Waals surface area contributed by atoms with Gasteiger partial charge in [-0.25, -0.2) is 0 Å². The summed E-state index contributed by atoms with van der Waals surface area (Å²) >= 11 is 0. The second-order valence-electron chi connectivity index (χ2n) is 7.03. The van der Waals surface area contributed by atoms with Gasteiger partial charge in [0, 0.05) is 11.5 Å². The predicted octanol–water partition coefficient (Wildman–Crippen LogP) is 5.01. The molecule has 1 heteroatoms. The fraction of sp³-hybridized carbons (Fsp3) is 0.381. The SMILES string of the molecule is Cc1ccc([C@@H]2[C@H]3CC[C@H](C3)[C@@H]2C(=O)c2ccccc2)cc1. The molecular formula is C21H22O. The van der Waals surface area contributed by atoms with Crippen molar-refractivity contribution < 1.29 is 4.79 Å². The highest BCUT2D eigenvalue weighted by molar-refractivity contribution is 5.99. The number of benzene rings is 2. The lowest BCUT2D eigenvalue weighted by atomic mass is 9.72. The van der Waals surface area contributed by atoms with Crippen LogP contribution in [-0.4, -0.2) is 5.78 Å². The molecule has 1 nitrogen and oxygen atoms in total. The molecule has 112 valence electrons. The smallest absolute Gasteiger partial charge is 0.166 e. The van der Waals surface area contributed by atoms with Gasteiger partial charge in [0.25, 0.3) is 0 Å². The van der Waals surface area contributed by atoms with Crippen molar-refractivity contribution in [2.45, 2.75) is 32.1 Å². The van der Waals surface area contributed by atoms with E-state index in [1.54, 1.807) is 0 Å². The van der Waals surface area contributed by atoms with Crippen LogP contribution in [-0.2, 0) is 0 Å². The van der Waals surface area contributed by atoms with Gasteiger partial charge >= 0.3 is 0 Å². The molecule has 2 bridgehead atoms. The third-order valence-electron chi connectivity index (χ3n) is 5.74. The molecule has 4 atom stereocenters. The number of hydrogen-bond acceptors (Lipinski definition) is 1. The van der Waals surface area contributed by atoms with Crippen LogP contribution in [0.2, 0.25) is 0 Å². The minimum absolute atomic E-state index is 0.184. The summed E-state index contributed by atoms with van der Waals surface area (Å²) in [7, 11) is 0. The molecule has 0 amide bonds. The number of ketones is 1. The zero-order valence-corrected chi connectivity index (χ0v) is 13.0. The largest absolute Gasteiger partial charge is 0.294 e. The molecule has 2 fully saturated rings. The molecule has 0 spiro atoms. The molecule has 0 aliphatic heterocycles. The molecule has 2 aliphatic carbocycles. The molecule has 22 heavy (non-hydrogen) atoms. The van der Waals surface area contributed by atoms with Crippen LogP contribution < -0.4 is 0 Å². The Morgan fingerprint density at radius 2 is 1.59 bits per heavy atom. The number of carbonyl (C=O) groups is 1. The Labute approximate surface area is 132 Å². The molecule has 2 saturated carbocycles. The van der Waals surface area contributed by atoms with Crippen molar-refractivity contribution in [3.8, 4) is 0 Å². The number of carbonyl (C=O) groups excluding carboxylic acids is 1. The van der Waals surface area contributed by atoms with E-state index < -0.39 is 0 Å². The Bertz CT molecular complexity index is 671. The molecule has 0 saturated heterocycles. The summed E-state index contributed by atoms with van der Waals surface area (Å²) in [6.45, 7) is 2.12. The van der Waals surface area contributed by atoms with E-state index >= 15 is 0 Å². The van der Waals surface area contributed by atoms with Gasteiger partial charge in [-0.3, -0.25) is 4.79 Å². The Hall–Kier alpha value is -1.89. The van der Waals surface area contributed by atoms with E-state index in [1.807, 2.05) is 30.3 Å². The van der Waals surface area contributed by atoms with Crippen molar-refractivity contribution in [1.82, 2.24) is 0 Å². The van der Waals surface area contributed by atoms with Gasteiger partial charge in [0.05, 0.1) is 0 Å². The second-order valence-corrected chi connectivity index (χ2v) is 7.03. The van der Waals surface area contributed by atoms with Crippen molar-refractivity contribution in [2.75, 3.05) is 0 Å². The fourth-order valence-corrected chi connectivity index (χ4v) is 4.73. The minimum Gasteiger partial charge on any atom is -0.294 e. The number of hydrogen-bond donors (Lipinski definition) is 0. The molecular weight excluding hydrogens is 268 g/mol. The number of fused-ring (bicyclic) bond motifs is 2. The lowest BCUT2D eigenvalue weighted by Crippen LogP contribution is -2.28. The van der Waals surface area contributed by atoms with E-state index in [0.29, 0.717) is 23.5 Å². The molecule has 0 unspecified atom stereocenters. The summed E-state index contributed by atoms with van der Waals surface area (Å²) in [6.07, 6.45) is 3.76. The summed E-state index contributed by atoms with van der Waals surface area (Å²) in [5, 5.41) is 0. The van der Waals surface area contributed by atoms with Gasteiger partial charge in [-0.05, 0) is 49.5 Å². The van der Waals surface area contributed by atoms with Crippen LogP contribution in [0.4, 0.5) is 0 Å². The van der Waals surface area contributed by atoms with Gasteiger partial charge in [0.1, 0.15) is 0 Å². The van der Waals surface area contributed by atoms with Crippen LogP contribution >= 0.6 is 0 Å². The van der Waals surface area contributed by atoms with Crippen LogP contribution in [0.15, 0.2) is 54.6 Å². The number of Topliss-reactive ketones (excluding diaryl/α,β-unsaturated/α-hetero) is 1. The Morgan fingerprint density at radius 3 is 2.32 bits per heavy atom. The Kier molecular flexibility index (Phi) is 3.37. The maximum absolute atomic E-state index is 13.1. The molecule has 4 rings (SSSR count). The van der Waals surface area contributed by atoms with Crippen molar-refractivity contribution >= 4 is 5.78 Å². The second kappa shape index (κ2) is 5.39. The van der Waals surface area contributed by atoms with Crippen molar-refractivity contribution in [1.29, 1.82) is 0 Å². The Morgan fingerprint density at radius 1 is 0.909 bits per heavy atom. The lowest BCUT2D eigenvalue weighted by Gasteiger charge is -2.30. The summed E-state index contributed by atoms with van der Waals surface area (Å²) in [6, 6.07) is 18.7. The highest BCUT2D eigenvalue weighted by Gasteiger charge is 2.51. The number of aryl methyl sites for hydroxylation is 1. The molecule has 2 aromatic carbocycles. The first-order valence-corrected chi connectivity index (χ1v) is 8.40. The summed E-state index contributed by atoms with van der Waals surface area (Å²) < 4.78 is 0. The standard InChI is InChI=1S/C21H22O/c1-14-7-9-15(10-8-14)19-17-11-12-18(13-17)20(19)21(22)16-5-3-2-4-6-16/h2-10,17-20H,11-13H2,1H3/t17-,18+,19+,20-/m0/s1. The molecule has 0 N–H and O–H groups in total. The van der Waals surface area contributed by atoms with Crippen molar-refractivity contribution in [2.24, 2.45) is 17.8 Å². The highest BCUT2D eigenvalue weighted by Crippen LogP contribution is 2.57. The van der Waals surface area contributed by atoms with Crippen molar-refractivity contribution in [3.05, 3.63) is 71.3 Å². The topological polar surface area (TPSA) is 17.1 Å². The van der Waals surface area contributed by atoms with Crippen LogP contribution in [0.1, 0.15) is 46.7 Å². The van der Waals surface area contributed by atoms with Crippen LogP contribution in [0.25, 0.3) is 0 Å². The number of rotatable bonds is 3. The van der Waals surface area contributed by atoms with Crippen LogP contribution in [0.5, 0.6) is 0 Å². The normalized spacial score (nSPS) is 29.7. The first-order valence-electron chi connectivity index (χ1n) is 8.40. The van der Waals surface area contributed by atoms with Crippen LogP contribution in [0.3, 0.4) is 0 Å². The third-order valence-corrected chi connectivity index (χ3v) is 5.74. The van der Waals surface area contributed by atoms with E-state index in [4.69, 9.17) is 0 Å². The van der Waals surface area contributed by atoms with Gasteiger partial charge in [-0.1, -0.05) is 60.2 Å². The van der Waals surface area contributed by atoms with E-state index in [-0.39, 0.29) is 5.92 Å². The molecule has 2 aliphatic rings. The third kappa shape index (κ3) is 2.20. The molecule has 0 heterocycles. The predicted molar refractivity (Wildman–Crippen MR) is 89.0 cm³/mol. The maximum atomic E-state index is 13.1. The Balaban J connectivity index is 1.70. The van der Waals surface area contributed by atoms with E-state index in [9.17, 15) is 4.79 Å². The quantitative estimate of drug-likeness (QED) is 0.726. The molecule has 2 aromatic rings. The summed E-state index contributed by atoms with van der Waals surface area (Å²) in [4.78, 5) is 13.1. The minimum atomic E-state index is 0.184. The zero-order valence-electron chi connectivity index (χ0n) is 13.0. The average molecular weight is 290 g/mol. The van der Waals surface area contributed by atoms with E-state index in [2.05, 4.69) is 31.2 Å². The van der Waals surface area contributed by atoms with E-state index in [1.165, 1.54) is 30.4 Å². The molecule has 0 aromatic heterocycles. The maximum Gasteiger partial charge on any atom is 0.166 e. The average Bonchev–Trinajstić information content (AvgIpc) is 3.17. The monoisotopic (exact) mass is 290 g/mol. The van der Waals surface area contributed by atoms with Gasteiger partial charge in [0.2, 0.25) is 0 Å². The summed E-state index contributed by atoms with van der Waals surface area (Å²) in [5.74, 6) is 2.25. The zero-order chi connectivity index (χ0) is 15.1. The van der Waals surface area contributed by atoms with Gasteiger partial charge in [0.15, 0.2) is 5.78 Å². The van der Waals surface area contributed by atoms with Gasteiger partial charge in [-0.2, -0.15) is 0 Å².